The molecule has 2 N–H and O–H groups in total. The number of hydrogen-bond donors (Lipinski definition) is 2. The Hall–Kier alpha value is -2.30. The van der Waals surface area contributed by atoms with Crippen molar-refractivity contribution >= 4 is 12.1 Å². The van der Waals surface area contributed by atoms with Gasteiger partial charge in [-0.3, -0.25) is 4.79 Å². The first-order valence-corrected chi connectivity index (χ1v) is 6.43. The summed E-state index contributed by atoms with van der Waals surface area (Å²) in [6.45, 7) is 3.95. The highest BCUT2D eigenvalue weighted by molar-refractivity contribution is 5.74. The number of alkyl carbamates (subject to hydrolysis) is 1. The molecule has 2 rings (SSSR count). The number of carbonyl (C=O) groups is 2. The molecular weight excluding hydrogens is 258 g/mol. The third-order valence-electron chi connectivity index (χ3n) is 3.34. The Morgan fingerprint density at radius 1 is 1.30 bits per heavy atom. The monoisotopic (exact) mass is 275 g/mol. The van der Waals surface area contributed by atoms with Crippen molar-refractivity contribution in [2.75, 3.05) is 0 Å². The lowest BCUT2D eigenvalue weighted by atomic mass is 10.0. The van der Waals surface area contributed by atoms with E-state index in [1.807, 2.05) is 30.3 Å². The molecule has 0 unspecified atom stereocenters. The summed E-state index contributed by atoms with van der Waals surface area (Å²) in [5.41, 5.74) is 1.72. The number of carboxylic acid groups (broad SMARTS) is 1. The van der Waals surface area contributed by atoms with Crippen molar-refractivity contribution in [3.8, 4) is 0 Å². The molecule has 2 atom stereocenters. The third kappa shape index (κ3) is 3.60. The zero-order chi connectivity index (χ0) is 14.5. The highest BCUT2D eigenvalue weighted by atomic mass is 16.5. The molecule has 1 aromatic carbocycles. The van der Waals surface area contributed by atoms with Crippen LogP contribution in [0.5, 0.6) is 0 Å². The summed E-state index contributed by atoms with van der Waals surface area (Å²) in [5, 5.41) is 11.7. The van der Waals surface area contributed by atoms with E-state index in [9.17, 15) is 9.59 Å². The molecule has 0 radical (unpaired) electrons. The minimum absolute atomic E-state index is 0.165. The Morgan fingerprint density at radius 3 is 2.65 bits per heavy atom. The van der Waals surface area contributed by atoms with E-state index >= 15 is 0 Å². The first kappa shape index (κ1) is 14.1. The van der Waals surface area contributed by atoms with Gasteiger partial charge in [-0.1, -0.05) is 42.5 Å². The van der Waals surface area contributed by atoms with Crippen molar-refractivity contribution in [1.29, 1.82) is 0 Å². The average Bonchev–Trinajstić information content (AvgIpc) is 2.79. The molecule has 5 nitrogen and oxygen atoms in total. The highest BCUT2D eigenvalue weighted by Gasteiger charge is 2.36. The van der Waals surface area contributed by atoms with Crippen molar-refractivity contribution in [3.63, 3.8) is 0 Å². The molecule has 0 spiro atoms. The Bertz CT molecular complexity index is 512. The molecule has 1 aliphatic rings. The summed E-state index contributed by atoms with van der Waals surface area (Å²) >= 11 is 0. The van der Waals surface area contributed by atoms with Crippen LogP contribution in [0.1, 0.15) is 18.4 Å². The van der Waals surface area contributed by atoms with Gasteiger partial charge in [-0.2, -0.15) is 0 Å². The van der Waals surface area contributed by atoms with Crippen molar-refractivity contribution < 1.29 is 19.4 Å². The molecule has 20 heavy (non-hydrogen) atoms. The minimum Gasteiger partial charge on any atom is -0.481 e. The van der Waals surface area contributed by atoms with Crippen molar-refractivity contribution in [1.82, 2.24) is 5.32 Å². The maximum atomic E-state index is 11.7. The highest BCUT2D eigenvalue weighted by Crippen LogP contribution is 2.29. The first-order chi connectivity index (χ1) is 9.56. The topological polar surface area (TPSA) is 75.6 Å². The molecule has 1 aromatic rings. The smallest absolute Gasteiger partial charge is 0.407 e. The molecule has 1 fully saturated rings. The molecule has 5 heteroatoms. The summed E-state index contributed by atoms with van der Waals surface area (Å²) in [7, 11) is 0. The number of aliphatic carboxylic acids is 1. The fraction of sp³-hybridized carbons (Fsp3) is 0.333. The Kier molecular flexibility index (Phi) is 4.40. The van der Waals surface area contributed by atoms with Crippen LogP contribution in [0.3, 0.4) is 0 Å². The second kappa shape index (κ2) is 6.23. The van der Waals surface area contributed by atoms with Gasteiger partial charge in [-0.05, 0) is 18.4 Å². The van der Waals surface area contributed by atoms with Gasteiger partial charge in [0.15, 0.2) is 0 Å². The third-order valence-corrected chi connectivity index (χ3v) is 3.34. The van der Waals surface area contributed by atoms with Gasteiger partial charge in [0.05, 0.1) is 5.92 Å². The predicted octanol–water partition coefficient (Wildman–Crippen LogP) is 2.33. The first-order valence-electron chi connectivity index (χ1n) is 6.43. The molecule has 0 aromatic heterocycles. The number of hydrogen-bond acceptors (Lipinski definition) is 3. The van der Waals surface area contributed by atoms with Gasteiger partial charge >= 0.3 is 12.1 Å². The number of carboxylic acids is 1. The second-order valence-electron chi connectivity index (χ2n) is 4.92. The van der Waals surface area contributed by atoms with Crippen LogP contribution in [0.25, 0.3) is 0 Å². The summed E-state index contributed by atoms with van der Waals surface area (Å²) in [6, 6.07) is 8.86. The van der Waals surface area contributed by atoms with Crippen LogP contribution in [0.4, 0.5) is 4.79 Å². The summed E-state index contributed by atoms with van der Waals surface area (Å²) < 4.78 is 5.08. The largest absolute Gasteiger partial charge is 0.481 e. The normalized spacial score (nSPS) is 21.5. The maximum absolute atomic E-state index is 11.7. The van der Waals surface area contributed by atoms with E-state index in [0.717, 1.165) is 11.1 Å². The summed E-state index contributed by atoms with van der Waals surface area (Å²) in [4.78, 5) is 22.8. The molecule has 106 valence electrons. The van der Waals surface area contributed by atoms with Crippen LogP contribution in [-0.2, 0) is 16.1 Å². The Labute approximate surface area is 117 Å². The molecule has 0 aliphatic heterocycles. The molecule has 0 bridgehead atoms. The lowest BCUT2D eigenvalue weighted by Crippen LogP contribution is -2.40. The number of benzene rings is 1. The van der Waals surface area contributed by atoms with Gasteiger partial charge in [0, 0.05) is 6.04 Å². The summed E-state index contributed by atoms with van der Waals surface area (Å²) in [6.07, 6.45) is 0.288. The standard InChI is InChI=1S/C15H17NO4/c1-10-7-12(14(17)18)13(8-10)16-15(19)20-9-11-5-3-2-4-6-11/h2-6,12-13H,1,7-9H2,(H,16,19)(H,17,18)/t12-,13-/m1/s1. The molecule has 0 saturated heterocycles. The van der Waals surface area contributed by atoms with Crippen LogP contribution < -0.4 is 5.32 Å². The van der Waals surface area contributed by atoms with Crippen molar-refractivity contribution in [3.05, 3.63) is 48.0 Å². The van der Waals surface area contributed by atoms with E-state index in [2.05, 4.69) is 11.9 Å². The lowest BCUT2D eigenvalue weighted by Gasteiger charge is -2.16. The minimum atomic E-state index is -0.919. The van der Waals surface area contributed by atoms with Gasteiger partial charge < -0.3 is 15.2 Å². The SMILES string of the molecule is C=C1C[C@@H](NC(=O)OCc2ccccc2)[C@H](C(=O)O)C1. The zero-order valence-electron chi connectivity index (χ0n) is 11.0. The second-order valence-corrected chi connectivity index (χ2v) is 4.92. The van der Waals surface area contributed by atoms with E-state index in [-0.39, 0.29) is 6.61 Å². The van der Waals surface area contributed by atoms with E-state index in [0.29, 0.717) is 12.8 Å². The molecular formula is C15H17NO4. The number of carbonyl (C=O) groups excluding carboxylic acids is 1. The van der Waals surface area contributed by atoms with Crippen molar-refractivity contribution in [2.24, 2.45) is 5.92 Å². The maximum Gasteiger partial charge on any atom is 0.407 e. The fourth-order valence-corrected chi connectivity index (χ4v) is 2.32. The van der Waals surface area contributed by atoms with E-state index in [4.69, 9.17) is 9.84 Å². The van der Waals surface area contributed by atoms with Crippen molar-refractivity contribution in [2.45, 2.75) is 25.5 Å². The number of nitrogens with one attached hydrogen (secondary N) is 1. The average molecular weight is 275 g/mol. The van der Waals surface area contributed by atoms with Gasteiger partial charge in [0.2, 0.25) is 0 Å². The predicted molar refractivity (Wildman–Crippen MR) is 73.1 cm³/mol. The van der Waals surface area contributed by atoms with E-state index in [1.54, 1.807) is 0 Å². The molecule has 1 amide bonds. The van der Waals surface area contributed by atoms with Crippen LogP contribution >= 0.6 is 0 Å². The van der Waals surface area contributed by atoms with Crippen LogP contribution in [0.15, 0.2) is 42.5 Å². The molecule has 1 saturated carbocycles. The van der Waals surface area contributed by atoms with E-state index < -0.39 is 24.0 Å². The van der Waals surface area contributed by atoms with Gasteiger partial charge in [0.25, 0.3) is 0 Å². The fourth-order valence-electron chi connectivity index (χ4n) is 2.32. The van der Waals surface area contributed by atoms with Gasteiger partial charge in [-0.25, -0.2) is 4.79 Å². The quantitative estimate of drug-likeness (QED) is 0.827. The zero-order valence-corrected chi connectivity index (χ0v) is 11.0. The number of ether oxygens (including phenoxy) is 1. The molecule has 0 heterocycles. The number of amides is 1. The number of rotatable bonds is 4. The Balaban J connectivity index is 1.85. The van der Waals surface area contributed by atoms with E-state index in [1.165, 1.54) is 0 Å². The lowest BCUT2D eigenvalue weighted by molar-refractivity contribution is -0.142. The van der Waals surface area contributed by atoms with Gasteiger partial charge in [0.1, 0.15) is 6.61 Å². The van der Waals surface area contributed by atoms with Crippen LogP contribution in [0, 0.1) is 5.92 Å². The van der Waals surface area contributed by atoms with Crippen LogP contribution in [0.2, 0.25) is 0 Å². The van der Waals surface area contributed by atoms with Gasteiger partial charge in [-0.15, -0.1) is 0 Å². The Morgan fingerprint density at radius 2 is 2.00 bits per heavy atom. The van der Waals surface area contributed by atoms with Crippen LogP contribution in [-0.4, -0.2) is 23.2 Å². The molecule has 1 aliphatic carbocycles. The summed E-state index contributed by atoms with van der Waals surface area (Å²) in [5.74, 6) is -1.54.